The number of halogens is 1. The van der Waals surface area contributed by atoms with Crippen LogP contribution in [0.25, 0.3) is 0 Å². The fraction of sp³-hybridized carbons (Fsp3) is 0.310. The lowest BCUT2D eigenvalue weighted by atomic mass is 9.98. The number of methoxy groups -OCH3 is 1. The minimum absolute atomic E-state index is 0.0109. The fourth-order valence-electron chi connectivity index (χ4n) is 5.34. The summed E-state index contributed by atoms with van der Waals surface area (Å²) in [4.78, 5) is 23.4. The first kappa shape index (κ1) is 23.3. The summed E-state index contributed by atoms with van der Waals surface area (Å²) in [5.41, 5.74) is 4.03. The van der Waals surface area contributed by atoms with Crippen LogP contribution < -0.4 is 19.5 Å². The number of aryl methyl sites for hydroxylation is 1. The van der Waals surface area contributed by atoms with Crippen LogP contribution in [0.2, 0.25) is 0 Å². The number of esters is 1. The van der Waals surface area contributed by atoms with Gasteiger partial charge in [0.05, 0.1) is 20.1 Å². The number of amides is 1. The van der Waals surface area contributed by atoms with E-state index in [1.54, 1.807) is 12.1 Å². The van der Waals surface area contributed by atoms with Gasteiger partial charge in [-0.25, -0.2) is 4.39 Å². The van der Waals surface area contributed by atoms with Gasteiger partial charge in [0.2, 0.25) is 5.91 Å². The molecule has 37 heavy (non-hydrogen) atoms. The number of fused-ring (bicyclic) bond motifs is 3. The zero-order valence-corrected chi connectivity index (χ0v) is 20.3. The molecule has 1 N–H and O–H groups in total. The summed E-state index contributed by atoms with van der Waals surface area (Å²) < 4.78 is 37.9. The molecule has 7 nitrogen and oxygen atoms in total. The van der Waals surface area contributed by atoms with Gasteiger partial charge in [-0.1, -0.05) is 12.1 Å². The second-order valence-electron chi connectivity index (χ2n) is 9.54. The Kier molecular flexibility index (Phi) is 5.94. The molecule has 8 heteroatoms. The van der Waals surface area contributed by atoms with Crippen LogP contribution in [0.3, 0.4) is 0 Å². The van der Waals surface area contributed by atoms with Gasteiger partial charge in [0.25, 0.3) is 0 Å². The van der Waals surface area contributed by atoms with E-state index < -0.39 is 6.10 Å². The van der Waals surface area contributed by atoms with Crippen molar-refractivity contribution in [2.75, 3.05) is 19.0 Å². The minimum atomic E-state index is -0.466. The maximum absolute atomic E-state index is 15.0. The summed E-state index contributed by atoms with van der Waals surface area (Å²) in [6, 6.07) is 14.2. The van der Waals surface area contributed by atoms with E-state index >= 15 is 4.39 Å². The van der Waals surface area contributed by atoms with E-state index in [2.05, 4.69) is 5.32 Å². The molecular weight excluding hydrogens is 477 g/mol. The molecule has 6 rings (SSSR count). The molecule has 1 unspecified atom stereocenters. The van der Waals surface area contributed by atoms with Gasteiger partial charge < -0.3 is 24.3 Å². The molecule has 0 radical (unpaired) electrons. The minimum Gasteiger partial charge on any atom is -0.492 e. The van der Waals surface area contributed by atoms with Crippen molar-refractivity contribution in [2.45, 2.75) is 44.1 Å². The van der Waals surface area contributed by atoms with Crippen LogP contribution in [0.5, 0.6) is 23.0 Å². The molecule has 0 aromatic heterocycles. The first-order chi connectivity index (χ1) is 18.0. The monoisotopic (exact) mass is 503 g/mol. The number of ether oxygens (including phenoxy) is 4. The normalized spacial score (nSPS) is 19.2. The van der Waals surface area contributed by atoms with Crippen molar-refractivity contribution in [1.29, 1.82) is 0 Å². The standard InChI is InChI=1S/C29H26FNO6/c1-34-28(33)12-17-15-35-26-14-19(5-6-20(17)26)37-25-9-7-21-24(10-8-22(30)29(21)25)36-18-4-2-16-3-11-27(32)31-23(16)13-18/h2,4-6,8,10,13-14,17,25H,3,7,9,11-12,15H2,1H3,(H,31,32)/t17?,25-/m1/s1. The number of hydrogen-bond donors (Lipinski definition) is 1. The van der Waals surface area contributed by atoms with E-state index in [1.165, 1.54) is 13.2 Å². The highest BCUT2D eigenvalue weighted by Gasteiger charge is 2.32. The van der Waals surface area contributed by atoms with Crippen molar-refractivity contribution in [3.63, 3.8) is 0 Å². The number of carbonyl (C=O) groups is 2. The van der Waals surface area contributed by atoms with E-state index in [1.807, 2.05) is 30.3 Å². The Hall–Kier alpha value is -4.07. The SMILES string of the molecule is COC(=O)CC1COc2cc(O[C@@H]3CCc4c(Oc5ccc6c(c5)NC(=O)CC6)ccc(F)c43)ccc21. The third kappa shape index (κ3) is 4.48. The van der Waals surface area contributed by atoms with Crippen LogP contribution in [0.15, 0.2) is 48.5 Å². The van der Waals surface area contributed by atoms with Crippen LogP contribution in [0, 0.1) is 5.82 Å². The Bertz CT molecular complexity index is 1400. The lowest BCUT2D eigenvalue weighted by Gasteiger charge is -2.19. The van der Waals surface area contributed by atoms with E-state index in [4.69, 9.17) is 18.9 Å². The van der Waals surface area contributed by atoms with Gasteiger partial charge in [-0.15, -0.1) is 0 Å². The second kappa shape index (κ2) is 9.42. The quantitative estimate of drug-likeness (QED) is 0.441. The molecule has 3 aliphatic rings. The van der Waals surface area contributed by atoms with Gasteiger partial charge in [0, 0.05) is 46.8 Å². The van der Waals surface area contributed by atoms with E-state index in [0.29, 0.717) is 60.9 Å². The van der Waals surface area contributed by atoms with Crippen LogP contribution in [-0.4, -0.2) is 25.6 Å². The molecule has 0 fully saturated rings. The van der Waals surface area contributed by atoms with Crippen molar-refractivity contribution < 1.29 is 32.9 Å². The molecule has 3 aromatic rings. The molecular formula is C29H26FNO6. The van der Waals surface area contributed by atoms with E-state index in [0.717, 1.165) is 22.4 Å². The molecule has 190 valence electrons. The summed E-state index contributed by atoms with van der Waals surface area (Å²) in [7, 11) is 1.37. The number of benzene rings is 3. The Morgan fingerprint density at radius 1 is 1.08 bits per heavy atom. The van der Waals surface area contributed by atoms with Gasteiger partial charge in [0.1, 0.15) is 34.9 Å². The van der Waals surface area contributed by atoms with Crippen molar-refractivity contribution in [3.05, 3.63) is 76.6 Å². The molecule has 2 heterocycles. The number of carbonyl (C=O) groups excluding carboxylic acids is 2. The van der Waals surface area contributed by atoms with E-state index in [-0.39, 0.29) is 30.0 Å². The highest BCUT2D eigenvalue weighted by Crippen LogP contribution is 2.44. The summed E-state index contributed by atoms with van der Waals surface area (Å²) >= 11 is 0. The van der Waals surface area contributed by atoms with Crippen molar-refractivity contribution in [2.24, 2.45) is 0 Å². The summed E-state index contributed by atoms with van der Waals surface area (Å²) in [5, 5.41) is 2.88. The molecule has 0 spiro atoms. The van der Waals surface area contributed by atoms with Crippen molar-refractivity contribution in [3.8, 4) is 23.0 Å². The molecule has 1 aliphatic carbocycles. The van der Waals surface area contributed by atoms with E-state index in [9.17, 15) is 9.59 Å². The Labute approximate surface area is 213 Å². The van der Waals surface area contributed by atoms with Crippen molar-refractivity contribution in [1.82, 2.24) is 0 Å². The Morgan fingerprint density at radius 2 is 1.95 bits per heavy atom. The van der Waals surface area contributed by atoms with Gasteiger partial charge >= 0.3 is 5.97 Å². The molecule has 1 amide bonds. The maximum atomic E-state index is 15.0. The molecule has 0 saturated carbocycles. The lowest BCUT2D eigenvalue weighted by Crippen LogP contribution is -2.18. The molecule has 0 bridgehead atoms. The number of hydrogen-bond acceptors (Lipinski definition) is 6. The topological polar surface area (TPSA) is 83.1 Å². The predicted octanol–water partition coefficient (Wildman–Crippen LogP) is 5.61. The fourth-order valence-corrected chi connectivity index (χ4v) is 5.34. The van der Waals surface area contributed by atoms with Crippen LogP contribution in [-0.2, 0) is 27.2 Å². The number of rotatable bonds is 6. The summed E-state index contributed by atoms with van der Waals surface area (Å²) in [5.74, 6) is 1.72. The zero-order chi connectivity index (χ0) is 25.5. The lowest BCUT2D eigenvalue weighted by molar-refractivity contribution is -0.141. The average Bonchev–Trinajstić information content (AvgIpc) is 3.50. The maximum Gasteiger partial charge on any atom is 0.306 e. The summed E-state index contributed by atoms with van der Waals surface area (Å²) in [6.45, 7) is 0.405. The third-order valence-electron chi connectivity index (χ3n) is 7.23. The van der Waals surface area contributed by atoms with Crippen LogP contribution in [0.1, 0.15) is 53.5 Å². The Morgan fingerprint density at radius 3 is 2.81 bits per heavy atom. The first-order valence-electron chi connectivity index (χ1n) is 12.4. The largest absolute Gasteiger partial charge is 0.492 e. The van der Waals surface area contributed by atoms with Crippen LogP contribution >= 0.6 is 0 Å². The van der Waals surface area contributed by atoms with Crippen molar-refractivity contribution >= 4 is 17.6 Å². The molecule has 0 saturated heterocycles. The summed E-state index contributed by atoms with van der Waals surface area (Å²) in [6.07, 6.45) is 2.18. The smallest absolute Gasteiger partial charge is 0.306 e. The van der Waals surface area contributed by atoms with Gasteiger partial charge in [-0.2, -0.15) is 0 Å². The zero-order valence-electron chi connectivity index (χ0n) is 20.3. The number of nitrogens with one attached hydrogen (secondary N) is 1. The van der Waals surface area contributed by atoms with Crippen LogP contribution in [0.4, 0.5) is 10.1 Å². The number of anilines is 1. The first-order valence-corrected chi connectivity index (χ1v) is 12.4. The second-order valence-corrected chi connectivity index (χ2v) is 9.54. The average molecular weight is 504 g/mol. The molecule has 2 atom stereocenters. The highest BCUT2D eigenvalue weighted by molar-refractivity contribution is 5.94. The van der Waals surface area contributed by atoms with Gasteiger partial charge in [0.15, 0.2) is 0 Å². The van der Waals surface area contributed by atoms with Gasteiger partial charge in [-0.05, 0) is 49.1 Å². The van der Waals surface area contributed by atoms with Gasteiger partial charge in [-0.3, -0.25) is 9.59 Å². The third-order valence-corrected chi connectivity index (χ3v) is 7.23. The Balaban J connectivity index is 1.21. The molecule has 3 aromatic carbocycles. The highest BCUT2D eigenvalue weighted by atomic mass is 19.1. The molecule has 2 aliphatic heterocycles. The predicted molar refractivity (Wildman–Crippen MR) is 133 cm³/mol.